The quantitative estimate of drug-likeness (QED) is 0.724. The third kappa shape index (κ3) is 3.22. The molecule has 0 N–H and O–H groups in total. The van der Waals surface area contributed by atoms with Crippen LogP contribution in [-0.4, -0.2) is 30.1 Å². The van der Waals surface area contributed by atoms with E-state index in [1.54, 1.807) is 13.8 Å². The van der Waals surface area contributed by atoms with Crippen LogP contribution in [0.2, 0.25) is 0 Å². The second-order valence-corrected chi connectivity index (χ2v) is 4.81. The Morgan fingerprint density at radius 2 is 1.87 bits per heavy atom. The monoisotopic (exact) mass is 328 g/mol. The van der Waals surface area contributed by atoms with E-state index in [0.717, 1.165) is 10.7 Å². The molecule has 3 aromatic rings. The van der Waals surface area contributed by atoms with Crippen molar-refractivity contribution in [2.45, 2.75) is 32.5 Å². The Labute approximate surface area is 127 Å². The lowest BCUT2D eigenvalue weighted by atomic mass is 10.3. The minimum Gasteiger partial charge on any atom is -0.340 e. The van der Waals surface area contributed by atoms with Crippen LogP contribution in [0.1, 0.15) is 42.1 Å². The SMILES string of the molecule is Cc1nc(Cc2noc(C(C)n3ccc(C(F)(F)F)n3)n2)no1. The van der Waals surface area contributed by atoms with E-state index in [9.17, 15) is 13.2 Å². The highest BCUT2D eigenvalue weighted by Gasteiger charge is 2.34. The summed E-state index contributed by atoms with van der Waals surface area (Å²) in [7, 11) is 0. The maximum Gasteiger partial charge on any atom is 0.435 e. The van der Waals surface area contributed by atoms with Crippen LogP contribution in [0.3, 0.4) is 0 Å². The molecule has 3 rings (SSSR count). The lowest BCUT2D eigenvalue weighted by Crippen LogP contribution is -2.11. The number of aromatic nitrogens is 6. The molecular weight excluding hydrogens is 317 g/mol. The summed E-state index contributed by atoms with van der Waals surface area (Å²) in [5.41, 5.74) is -0.980. The van der Waals surface area contributed by atoms with Gasteiger partial charge in [-0.1, -0.05) is 10.3 Å². The van der Waals surface area contributed by atoms with Crippen molar-refractivity contribution in [3.63, 3.8) is 0 Å². The van der Waals surface area contributed by atoms with Crippen LogP contribution < -0.4 is 0 Å². The van der Waals surface area contributed by atoms with Crippen molar-refractivity contribution in [3.05, 3.63) is 41.4 Å². The Hall–Kier alpha value is -2.72. The number of aryl methyl sites for hydroxylation is 1. The minimum absolute atomic E-state index is 0.136. The fourth-order valence-electron chi connectivity index (χ4n) is 1.88. The van der Waals surface area contributed by atoms with Gasteiger partial charge in [-0.05, 0) is 13.0 Å². The lowest BCUT2D eigenvalue weighted by Gasteiger charge is -2.07. The topological polar surface area (TPSA) is 95.7 Å². The third-order valence-corrected chi connectivity index (χ3v) is 3.02. The average Bonchev–Trinajstić information content (AvgIpc) is 3.18. The van der Waals surface area contributed by atoms with Gasteiger partial charge in [0.25, 0.3) is 5.89 Å². The molecule has 0 aliphatic heterocycles. The largest absolute Gasteiger partial charge is 0.435 e. The number of hydrogen-bond acceptors (Lipinski definition) is 7. The smallest absolute Gasteiger partial charge is 0.340 e. The van der Waals surface area contributed by atoms with Gasteiger partial charge < -0.3 is 9.05 Å². The highest BCUT2D eigenvalue weighted by atomic mass is 19.4. The van der Waals surface area contributed by atoms with Crippen molar-refractivity contribution in [2.75, 3.05) is 0 Å². The third-order valence-electron chi connectivity index (χ3n) is 3.02. The van der Waals surface area contributed by atoms with Crippen LogP contribution in [0.15, 0.2) is 21.3 Å². The Kier molecular flexibility index (Phi) is 3.62. The number of alkyl halides is 3. The highest BCUT2D eigenvalue weighted by Crippen LogP contribution is 2.28. The van der Waals surface area contributed by atoms with Crippen molar-refractivity contribution in [1.82, 2.24) is 30.1 Å². The van der Waals surface area contributed by atoms with Crippen molar-refractivity contribution in [1.29, 1.82) is 0 Å². The molecule has 0 saturated carbocycles. The fraction of sp³-hybridized carbons (Fsp3) is 0.417. The van der Waals surface area contributed by atoms with Gasteiger partial charge in [-0.15, -0.1) is 0 Å². The molecule has 3 heterocycles. The van der Waals surface area contributed by atoms with Crippen LogP contribution in [0.25, 0.3) is 0 Å². The normalized spacial score (nSPS) is 13.4. The summed E-state index contributed by atoms with van der Waals surface area (Å²) in [6, 6.07) is 0.245. The molecule has 0 aliphatic rings. The van der Waals surface area contributed by atoms with Gasteiger partial charge in [0.2, 0.25) is 5.89 Å². The minimum atomic E-state index is -4.50. The average molecular weight is 328 g/mol. The van der Waals surface area contributed by atoms with Crippen LogP contribution >= 0.6 is 0 Å². The van der Waals surface area contributed by atoms with E-state index in [0.29, 0.717) is 17.5 Å². The second kappa shape index (κ2) is 5.48. The maximum absolute atomic E-state index is 12.6. The molecule has 8 nitrogen and oxygen atoms in total. The molecule has 0 bridgehead atoms. The molecule has 0 aromatic carbocycles. The van der Waals surface area contributed by atoms with Crippen molar-refractivity contribution in [3.8, 4) is 0 Å². The molecule has 122 valence electrons. The summed E-state index contributed by atoms with van der Waals surface area (Å²) >= 11 is 0. The Morgan fingerprint density at radius 1 is 1.17 bits per heavy atom. The van der Waals surface area contributed by atoms with Crippen LogP contribution in [0.4, 0.5) is 13.2 Å². The zero-order valence-corrected chi connectivity index (χ0v) is 12.1. The van der Waals surface area contributed by atoms with Gasteiger partial charge in [0.05, 0.1) is 6.42 Å². The van der Waals surface area contributed by atoms with Crippen LogP contribution in [-0.2, 0) is 12.6 Å². The highest BCUT2D eigenvalue weighted by molar-refractivity contribution is 5.06. The lowest BCUT2D eigenvalue weighted by molar-refractivity contribution is -0.141. The predicted molar refractivity (Wildman–Crippen MR) is 67.2 cm³/mol. The molecule has 0 fully saturated rings. The molecule has 1 atom stereocenters. The zero-order chi connectivity index (χ0) is 16.6. The molecule has 23 heavy (non-hydrogen) atoms. The Bertz CT molecular complexity index is 806. The van der Waals surface area contributed by atoms with Crippen LogP contribution in [0, 0.1) is 6.92 Å². The van der Waals surface area contributed by atoms with Crippen molar-refractivity contribution >= 4 is 0 Å². The molecule has 0 amide bonds. The number of nitrogens with zero attached hydrogens (tertiary/aromatic N) is 6. The van der Waals surface area contributed by atoms with Gasteiger partial charge in [0.15, 0.2) is 17.3 Å². The Morgan fingerprint density at radius 3 is 2.48 bits per heavy atom. The summed E-state index contributed by atoms with van der Waals surface area (Å²) in [4.78, 5) is 8.13. The van der Waals surface area contributed by atoms with Crippen molar-refractivity contribution < 1.29 is 22.2 Å². The summed E-state index contributed by atoms with van der Waals surface area (Å²) in [6.07, 6.45) is -3.10. The first-order valence-electron chi connectivity index (χ1n) is 6.57. The molecular formula is C12H11F3N6O2. The summed E-state index contributed by atoms with van der Waals surface area (Å²) in [6.45, 7) is 3.25. The van der Waals surface area contributed by atoms with Crippen LogP contribution in [0.5, 0.6) is 0 Å². The zero-order valence-electron chi connectivity index (χ0n) is 12.1. The summed E-state index contributed by atoms with van der Waals surface area (Å²) < 4.78 is 48.7. The number of rotatable bonds is 4. The molecule has 1 unspecified atom stereocenters. The van der Waals surface area contributed by atoms with Gasteiger partial charge in [-0.25, -0.2) is 0 Å². The van der Waals surface area contributed by atoms with Gasteiger partial charge in [-0.2, -0.15) is 28.2 Å². The standard InChI is InChI=1S/C12H11F3N6O2/c1-6(21-4-3-8(18-21)12(13,14)15)11-17-10(20-23-11)5-9-16-7(2)22-19-9/h3-4,6H,5H2,1-2H3. The summed E-state index contributed by atoms with van der Waals surface area (Å²) in [5, 5.41) is 10.9. The van der Waals surface area contributed by atoms with Gasteiger partial charge in [-0.3, -0.25) is 4.68 Å². The predicted octanol–water partition coefficient (Wildman–Crippen LogP) is 2.18. The molecule has 0 aliphatic carbocycles. The van der Waals surface area contributed by atoms with E-state index in [1.165, 1.54) is 6.20 Å². The van der Waals surface area contributed by atoms with E-state index >= 15 is 0 Å². The molecule has 0 radical (unpaired) electrons. The Balaban J connectivity index is 1.75. The molecule has 0 spiro atoms. The van der Waals surface area contributed by atoms with Gasteiger partial charge >= 0.3 is 6.18 Å². The molecule has 3 aromatic heterocycles. The van der Waals surface area contributed by atoms with Gasteiger partial charge in [0.1, 0.15) is 6.04 Å². The first kappa shape index (κ1) is 15.2. The first-order chi connectivity index (χ1) is 10.8. The van der Waals surface area contributed by atoms with Crippen molar-refractivity contribution in [2.24, 2.45) is 0 Å². The van der Waals surface area contributed by atoms with E-state index < -0.39 is 17.9 Å². The molecule has 11 heteroatoms. The summed E-state index contributed by atoms with van der Waals surface area (Å²) in [5.74, 6) is 1.24. The van der Waals surface area contributed by atoms with E-state index in [2.05, 4.69) is 25.4 Å². The van der Waals surface area contributed by atoms with Gasteiger partial charge in [0, 0.05) is 13.1 Å². The fourth-order valence-corrected chi connectivity index (χ4v) is 1.88. The van der Waals surface area contributed by atoms with E-state index in [1.807, 2.05) is 0 Å². The first-order valence-corrected chi connectivity index (χ1v) is 6.57. The van der Waals surface area contributed by atoms with E-state index in [4.69, 9.17) is 9.05 Å². The number of halogens is 3. The van der Waals surface area contributed by atoms with E-state index in [-0.39, 0.29) is 12.3 Å². The molecule has 0 saturated heterocycles. The number of hydrogen-bond donors (Lipinski definition) is 0. The second-order valence-electron chi connectivity index (χ2n) is 4.81. The maximum atomic E-state index is 12.6.